The second-order valence-corrected chi connectivity index (χ2v) is 28.4. The van der Waals surface area contributed by atoms with Crippen molar-refractivity contribution in [2.75, 3.05) is 33.5 Å². The highest BCUT2D eigenvalue weighted by atomic mass is 32.2. The van der Waals surface area contributed by atoms with Crippen LogP contribution in [-0.2, 0) is 37.5 Å². The van der Waals surface area contributed by atoms with E-state index in [1.54, 1.807) is 66.9 Å². The Hall–Kier alpha value is -7.43. The number of aromatic nitrogens is 6. The number of aldehydes is 1. The molecule has 20 nitrogen and oxygen atoms in total. The van der Waals surface area contributed by atoms with E-state index in [0.29, 0.717) is 59.8 Å². The maximum atomic E-state index is 13.6. The zero-order valence-electron chi connectivity index (χ0n) is 48.2. The molecule has 2 saturated heterocycles. The van der Waals surface area contributed by atoms with Crippen LogP contribution in [0, 0.1) is 11.8 Å². The van der Waals surface area contributed by atoms with Gasteiger partial charge in [0.1, 0.15) is 23.3 Å². The van der Waals surface area contributed by atoms with Gasteiger partial charge in [-0.2, -0.15) is 16.8 Å². The number of aliphatic hydroxyl groups is 1. The number of fused-ring (bicyclic) bond motifs is 12. The highest BCUT2D eigenvalue weighted by molar-refractivity contribution is 7.90. The van der Waals surface area contributed by atoms with Crippen LogP contribution in [0.3, 0.4) is 0 Å². The minimum absolute atomic E-state index is 0.0992. The van der Waals surface area contributed by atoms with Crippen LogP contribution in [-0.4, -0.2) is 94.1 Å². The van der Waals surface area contributed by atoms with Crippen LogP contribution in [0.4, 0.5) is 23.3 Å². The summed E-state index contributed by atoms with van der Waals surface area (Å²) >= 11 is 0. The highest BCUT2D eigenvalue weighted by Crippen LogP contribution is 2.43. The van der Waals surface area contributed by atoms with Crippen molar-refractivity contribution in [2.24, 2.45) is 11.8 Å². The summed E-state index contributed by atoms with van der Waals surface area (Å²) in [6.45, 7) is 22.1. The molecule has 10 rings (SSSR count). The summed E-state index contributed by atoms with van der Waals surface area (Å²) in [6.07, 6.45) is 8.78. The van der Waals surface area contributed by atoms with Crippen molar-refractivity contribution in [1.82, 2.24) is 39.3 Å². The Labute approximate surface area is 480 Å². The Morgan fingerprint density at radius 1 is 0.585 bits per heavy atom. The number of hydrogen-bond acceptors (Lipinski definition) is 18. The normalized spacial score (nSPS) is 22.0. The molecule has 4 atom stereocenters. The minimum Gasteiger partial charge on any atom is -0.392 e. The first kappa shape index (κ1) is 59.2. The average Bonchev–Trinajstić information content (AvgIpc) is 4.14. The molecular weight excluding hydrogens is 1080 g/mol. The molecule has 2 unspecified atom stereocenters. The lowest BCUT2D eigenvalue weighted by Crippen LogP contribution is -2.41. The molecule has 8 bridgehead atoms. The number of anilines is 4. The molecule has 4 aliphatic rings. The van der Waals surface area contributed by atoms with Gasteiger partial charge in [0.2, 0.25) is 0 Å². The molecule has 0 aliphatic carbocycles. The fraction of sp³-hybridized carbons (Fsp3) is 0.450. The van der Waals surface area contributed by atoms with Crippen molar-refractivity contribution in [1.29, 1.82) is 0 Å². The molecule has 10 heterocycles. The van der Waals surface area contributed by atoms with Gasteiger partial charge in [-0.05, 0) is 150 Å². The van der Waals surface area contributed by atoms with Gasteiger partial charge in [-0.25, -0.2) is 29.4 Å². The fourth-order valence-corrected chi connectivity index (χ4v) is 13.2. The second kappa shape index (κ2) is 22.7. The molecule has 0 saturated carbocycles. The quantitative estimate of drug-likeness (QED) is 0.103. The van der Waals surface area contributed by atoms with Crippen molar-refractivity contribution >= 4 is 61.4 Å². The monoisotopic (exact) mass is 1150 g/mol. The Morgan fingerprint density at radius 3 is 1.40 bits per heavy atom. The first-order valence-electron chi connectivity index (χ1n) is 27.7. The third-order valence-corrected chi connectivity index (χ3v) is 18.2. The number of sulfonamides is 2. The van der Waals surface area contributed by atoms with Crippen LogP contribution in [0.25, 0.3) is 0 Å². The van der Waals surface area contributed by atoms with Crippen molar-refractivity contribution in [2.45, 2.75) is 158 Å². The molecule has 2 fully saturated rings. The van der Waals surface area contributed by atoms with Gasteiger partial charge < -0.3 is 25.5 Å². The number of carbonyl (C=O) groups excluding carboxylic acids is 3. The van der Waals surface area contributed by atoms with Gasteiger partial charge in [-0.1, -0.05) is 59.7 Å². The van der Waals surface area contributed by atoms with Crippen molar-refractivity contribution in [3.05, 3.63) is 142 Å². The maximum absolute atomic E-state index is 13.6. The molecule has 4 aliphatic heterocycles. The van der Waals surface area contributed by atoms with Crippen LogP contribution in [0.1, 0.15) is 179 Å². The molecule has 2 amide bonds. The summed E-state index contributed by atoms with van der Waals surface area (Å²) < 4.78 is 57.9. The number of nitrogens with zero attached hydrogens (tertiary/aromatic N) is 8. The van der Waals surface area contributed by atoms with Gasteiger partial charge in [0, 0.05) is 64.3 Å². The van der Waals surface area contributed by atoms with Gasteiger partial charge in [0.15, 0.2) is 16.3 Å². The van der Waals surface area contributed by atoms with E-state index < -0.39 is 31.9 Å². The summed E-state index contributed by atoms with van der Waals surface area (Å²) in [5, 5.41) is 15.6. The first-order valence-corrected chi connectivity index (χ1v) is 30.7. The summed E-state index contributed by atoms with van der Waals surface area (Å²) in [6, 6.07) is 22.9. The van der Waals surface area contributed by atoms with Crippen LogP contribution in [0.5, 0.6) is 0 Å². The Morgan fingerprint density at radius 2 is 1.02 bits per heavy atom. The third kappa shape index (κ3) is 13.1. The van der Waals surface area contributed by atoms with E-state index >= 15 is 0 Å². The van der Waals surface area contributed by atoms with Gasteiger partial charge >= 0.3 is 0 Å². The highest BCUT2D eigenvalue weighted by Gasteiger charge is 2.43. The van der Waals surface area contributed by atoms with Crippen molar-refractivity contribution < 1.29 is 36.3 Å². The zero-order valence-corrected chi connectivity index (χ0v) is 49.8. The molecule has 6 aromatic rings. The summed E-state index contributed by atoms with van der Waals surface area (Å²) in [7, 11) is -8.58. The van der Waals surface area contributed by atoms with E-state index in [2.05, 4.69) is 119 Å². The zero-order chi connectivity index (χ0) is 59.2. The molecule has 22 heteroatoms. The number of amides is 2. The van der Waals surface area contributed by atoms with E-state index in [4.69, 9.17) is 9.97 Å². The average molecular weight is 1160 g/mol. The molecule has 6 aromatic heterocycles. The van der Waals surface area contributed by atoms with Crippen molar-refractivity contribution in [3.63, 3.8) is 0 Å². The number of hydrogen-bond donors (Lipinski definition) is 5. The van der Waals surface area contributed by atoms with Crippen LogP contribution < -0.4 is 29.9 Å². The summed E-state index contributed by atoms with van der Waals surface area (Å²) in [4.78, 5) is 70.3. The number of aliphatic hydroxyl groups excluding tert-OH is 1. The SMILES string of the molecule is CC(C)(C)c1ccc2c(n1)N1C[C@@H](CCC(c3ccc(C=O)cn3)Nc3cccc(n3)S(=O)(=O)NC2=O)CC1(C)C.CC(C)(C)c1ccc2c(n1)N1C[C@@H](CCC(c3ccc(CO)cn3)Nc3cccc(n3)S(=O)(=O)NC2=O)CC1(C)C. The van der Waals surface area contributed by atoms with Gasteiger partial charge in [0.25, 0.3) is 31.9 Å². The fourth-order valence-electron chi connectivity index (χ4n) is 11.3. The summed E-state index contributed by atoms with van der Waals surface area (Å²) in [5.41, 5.74) is 3.56. The standard InChI is InChI=1S/C30H38N6O4S.C30H36N6O4S/c2*1-29(2,3)24-14-11-21-27(33-24)36-17-19(15-30(36,4)5)9-13-23(22-12-10-20(18-37)16-31-22)32-25-7-6-8-26(34-25)41(39,40)35-28(21)38/h6-8,10-12,14,16,19,23,37H,9,13,15,17-18H2,1-5H3,(H,32,34)(H,35,38);6-8,10-12,14,16,18-19,23H,9,13,15,17H2,1-5H3,(H,32,34)(H,35,38)/t2*19-,23?/m00/s1. The molecule has 434 valence electrons. The van der Waals surface area contributed by atoms with E-state index in [1.165, 1.54) is 18.3 Å². The Balaban J connectivity index is 0.000000198. The largest absolute Gasteiger partial charge is 0.392 e. The number of pyridine rings is 6. The lowest BCUT2D eigenvalue weighted by Gasteiger charge is -2.34. The Bertz CT molecular complexity index is 3600. The smallest absolute Gasteiger partial charge is 0.281 e. The summed E-state index contributed by atoms with van der Waals surface area (Å²) in [5.74, 6) is 0.765. The topological polar surface area (TPSA) is 272 Å². The van der Waals surface area contributed by atoms with Crippen LogP contribution in [0.2, 0.25) is 0 Å². The lowest BCUT2D eigenvalue weighted by atomic mass is 9.90. The van der Waals surface area contributed by atoms with E-state index in [0.717, 1.165) is 61.2 Å². The predicted octanol–water partition coefficient (Wildman–Crippen LogP) is 8.98. The van der Waals surface area contributed by atoms with E-state index in [-0.39, 0.29) is 67.7 Å². The number of carbonyl (C=O) groups is 3. The predicted molar refractivity (Wildman–Crippen MR) is 314 cm³/mol. The van der Waals surface area contributed by atoms with E-state index in [1.807, 2.05) is 12.1 Å². The first-order chi connectivity index (χ1) is 38.5. The molecule has 0 spiro atoms. The van der Waals surface area contributed by atoms with Crippen molar-refractivity contribution in [3.8, 4) is 0 Å². The van der Waals surface area contributed by atoms with Crippen LogP contribution in [0.15, 0.2) is 107 Å². The molecule has 0 aromatic carbocycles. The van der Waals surface area contributed by atoms with Gasteiger partial charge in [0.05, 0.1) is 41.2 Å². The molecular formula is C60H74N12O8S2. The number of rotatable bonds is 4. The van der Waals surface area contributed by atoms with Gasteiger partial charge in [-0.15, -0.1) is 0 Å². The van der Waals surface area contributed by atoms with Crippen LogP contribution >= 0.6 is 0 Å². The lowest BCUT2D eigenvalue weighted by molar-refractivity contribution is 0.0972. The second-order valence-electron chi connectivity index (χ2n) is 25.1. The maximum Gasteiger partial charge on any atom is 0.281 e. The molecule has 5 N–H and O–H groups in total. The Kier molecular flexibility index (Phi) is 16.4. The van der Waals surface area contributed by atoms with Gasteiger partial charge in [-0.3, -0.25) is 24.4 Å². The molecule has 0 radical (unpaired) electrons. The minimum atomic E-state index is -4.29. The number of nitrogens with one attached hydrogen (secondary N) is 4. The third-order valence-electron chi connectivity index (χ3n) is 15.7. The van der Waals surface area contributed by atoms with E-state index in [9.17, 15) is 36.3 Å². The molecule has 82 heavy (non-hydrogen) atoms.